The zero-order valence-corrected chi connectivity index (χ0v) is 9.47. The third-order valence-electron chi connectivity index (χ3n) is 2.41. The number of carbonyl (C=O) groups is 1. The lowest BCUT2D eigenvalue weighted by molar-refractivity contribution is 0.0683. The van der Waals surface area contributed by atoms with Gasteiger partial charge < -0.3 is 5.11 Å². The average Bonchev–Trinajstić information content (AvgIpc) is 2.66. The van der Waals surface area contributed by atoms with E-state index in [1.165, 1.54) is 16.9 Å². The lowest BCUT2D eigenvalue weighted by atomic mass is 9.90. The van der Waals surface area contributed by atoms with E-state index in [0.717, 1.165) is 12.8 Å². The van der Waals surface area contributed by atoms with Crippen LogP contribution in [0.3, 0.4) is 0 Å². The summed E-state index contributed by atoms with van der Waals surface area (Å²) >= 11 is 0. The van der Waals surface area contributed by atoms with E-state index >= 15 is 0 Å². The molecule has 0 spiro atoms. The van der Waals surface area contributed by atoms with Gasteiger partial charge in [-0.2, -0.15) is 10.4 Å². The van der Waals surface area contributed by atoms with Crippen LogP contribution in [0.5, 0.6) is 0 Å². The lowest BCUT2D eigenvalue weighted by Gasteiger charge is -2.14. The van der Waals surface area contributed by atoms with Crippen molar-refractivity contribution >= 4 is 5.97 Å². The minimum absolute atomic E-state index is 0.190. The lowest BCUT2D eigenvalue weighted by Crippen LogP contribution is -2.13. The number of carboxylic acids is 1. The summed E-state index contributed by atoms with van der Waals surface area (Å²) in [6.45, 7) is 4.27. The van der Waals surface area contributed by atoms with Crippen molar-refractivity contribution in [2.24, 2.45) is 5.41 Å². The van der Waals surface area contributed by atoms with Crippen molar-refractivity contribution in [1.82, 2.24) is 9.78 Å². The molecule has 0 radical (unpaired) electrons. The number of hydrogen-bond donors (Lipinski definition) is 1. The van der Waals surface area contributed by atoms with Crippen molar-refractivity contribution < 1.29 is 9.90 Å². The highest BCUT2D eigenvalue weighted by Gasteiger charge is 2.16. The van der Waals surface area contributed by atoms with Gasteiger partial charge in [0, 0.05) is 12.7 Å². The molecular weight excluding hydrogens is 206 g/mol. The highest BCUT2D eigenvalue weighted by molar-refractivity contribution is 5.85. The van der Waals surface area contributed by atoms with Gasteiger partial charge in [-0.1, -0.05) is 0 Å². The SMILES string of the molecule is CC(C)(C#N)CCCn1nccc1C(=O)O. The first-order valence-electron chi connectivity index (χ1n) is 5.12. The molecule has 0 fully saturated rings. The first-order valence-corrected chi connectivity index (χ1v) is 5.12. The summed E-state index contributed by atoms with van der Waals surface area (Å²) in [4.78, 5) is 10.8. The Balaban J connectivity index is 2.53. The second-order valence-corrected chi connectivity index (χ2v) is 4.34. The minimum atomic E-state index is -0.975. The van der Waals surface area contributed by atoms with E-state index in [4.69, 9.17) is 10.4 Å². The smallest absolute Gasteiger partial charge is 0.354 e. The fourth-order valence-corrected chi connectivity index (χ4v) is 1.42. The van der Waals surface area contributed by atoms with E-state index in [0.29, 0.717) is 6.54 Å². The maximum absolute atomic E-state index is 10.8. The number of aryl methyl sites for hydroxylation is 1. The molecule has 5 nitrogen and oxygen atoms in total. The van der Waals surface area contributed by atoms with Gasteiger partial charge in [-0.25, -0.2) is 4.79 Å². The Labute approximate surface area is 94.3 Å². The molecule has 0 unspecified atom stereocenters. The van der Waals surface area contributed by atoms with E-state index in [-0.39, 0.29) is 11.1 Å². The van der Waals surface area contributed by atoms with Gasteiger partial charge in [-0.3, -0.25) is 4.68 Å². The van der Waals surface area contributed by atoms with E-state index < -0.39 is 5.97 Å². The number of rotatable bonds is 5. The Hall–Kier alpha value is -1.83. The molecule has 0 aromatic carbocycles. The molecule has 0 saturated carbocycles. The molecular formula is C11H15N3O2. The molecule has 0 amide bonds. The molecule has 1 rings (SSSR count). The molecule has 5 heteroatoms. The zero-order valence-electron chi connectivity index (χ0n) is 9.47. The fourth-order valence-electron chi connectivity index (χ4n) is 1.42. The van der Waals surface area contributed by atoms with Crippen molar-refractivity contribution in [3.05, 3.63) is 18.0 Å². The van der Waals surface area contributed by atoms with Crippen LogP contribution >= 0.6 is 0 Å². The first-order chi connectivity index (χ1) is 7.46. The predicted molar refractivity (Wildman–Crippen MR) is 57.8 cm³/mol. The second kappa shape index (κ2) is 4.79. The highest BCUT2D eigenvalue weighted by Crippen LogP contribution is 2.21. The first kappa shape index (κ1) is 12.2. The van der Waals surface area contributed by atoms with Crippen molar-refractivity contribution in [2.45, 2.75) is 33.2 Å². The Bertz CT molecular complexity index is 415. The molecule has 0 saturated heterocycles. The molecule has 16 heavy (non-hydrogen) atoms. The molecule has 0 aliphatic rings. The summed E-state index contributed by atoms with van der Waals surface area (Å²) in [5.74, 6) is -0.975. The van der Waals surface area contributed by atoms with Crippen LogP contribution in [0.25, 0.3) is 0 Å². The normalized spacial score (nSPS) is 11.1. The minimum Gasteiger partial charge on any atom is -0.477 e. The van der Waals surface area contributed by atoms with Crippen LogP contribution < -0.4 is 0 Å². The van der Waals surface area contributed by atoms with Crippen molar-refractivity contribution in [3.63, 3.8) is 0 Å². The summed E-state index contributed by atoms with van der Waals surface area (Å²) in [7, 11) is 0. The van der Waals surface area contributed by atoms with Crippen molar-refractivity contribution in [3.8, 4) is 6.07 Å². The molecule has 1 N–H and O–H groups in total. The zero-order chi connectivity index (χ0) is 12.2. The number of carboxylic acid groups (broad SMARTS) is 1. The van der Waals surface area contributed by atoms with Gasteiger partial charge in [0.15, 0.2) is 0 Å². The van der Waals surface area contributed by atoms with Crippen LogP contribution in [-0.4, -0.2) is 20.9 Å². The van der Waals surface area contributed by atoms with Crippen LogP contribution in [0.1, 0.15) is 37.2 Å². The monoisotopic (exact) mass is 221 g/mol. The summed E-state index contributed by atoms with van der Waals surface area (Å²) in [6, 6.07) is 3.68. The van der Waals surface area contributed by atoms with Crippen LogP contribution in [-0.2, 0) is 6.54 Å². The predicted octanol–water partition coefficient (Wildman–Crippen LogP) is 1.91. The molecule has 1 aromatic rings. The summed E-state index contributed by atoms with van der Waals surface area (Å²) in [5.41, 5.74) is -0.175. The van der Waals surface area contributed by atoms with Crippen LogP contribution in [0.15, 0.2) is 12.3 Å². The highest BCUT2D eigenvalue weighted by atomic mass is 16.4. The van der Waals surface area contributed by atoms with Crippen LogP contribution in [0.2, 0.25) is 0 Å². The van der Waals surface area contributed by atoms with Gasteiger partial charge >= 0.3 is 5.97 Å². The maximum Gasteiger partial charge on any atom is 0.354 e. The Morgan fingerprint density at radius 1 is 1.69 bits per heavy atom. The summed E-state index contributed by atoms with van der Waals surface area (Å²) in [5, 5.41) is 21.6. The van der Waals surface area contributed by atoms with Crippen LogP contribution in [0.4, 0.5) is 0 Å². The van der Waals surface area contributed by atoms with Crippen molar-refractivity contribution in [1.29, 1.82) is 5.26 Å². The number of hydrogen-bond acceptors (Lipinski definition) is 3. The Morgan fingerprint density at radius 2 is 2.38 bits per heavy atom. The number of nitrogens with zero attached hydrogens (tertiary/aromatic N) is 3. The second-order valence-electron chi connectivity index (χ2n) is 4.34. The molecule has 1 heterocycles. The van der Waals surface area contributed by atoms with Crippen LogP contribution in [0, 0.1) is 16.7 Å². The third-order valence-corrected chi connectivity index (χ3v) is 2.41. The van der Waals surface area contributed by atoms with E-state index in [9.17, 15) is 4.79 Å². The van der Waals surface area contributed by atoms with Gasteiger partial charge in [0.25, 0.3) is 0 Å². The molecule has 0 atom stereocenters. The Kier molecular flexibility index (Phi) is 3.67. The van der Waals surface area contributed by atoms with Gasteiger partial charge in [0.2, 0.25) is 0 Å². The molecule has 0 aliphatic heterocycles. The largest absolute Gasteiger partial charge is 0.477 e. The topological polar surface area (TPSA) is 78.9 Å². The molecule has 1 aromatic heterocycles. The molecule has 86 valence electrons. The van der Waals surface area contributed by atoms with Crippen molar-refractivity contribution in [2.75, 3.05) is 0 Å². The summed E-state index contributed by atoms with van der Waals surface area (Å²) < 4.78 is 1.45. The summed E-state index contributed by atoms with van der Waals surface area (Å²) in [6.07, 6.45) is 2.93. The number of aromatic nitrogens is 2. The van der Waals surface area contributed by atoms with E-state index in [1.54, 1.807) is 0 Å². The fraction of sp³-hybridized carbons (Fsp3) is 0.545. The average molecular weight is 221 g/mol. The third kappa shape index (κ3) is 3.09. The number of nitriles is 1. The molecule has 0 aliphatic carbocycles. The maximum atomic E-state index is 10.8. The van der Waals surface area contributed by atoms with Gasteiger partial charge in [0.05, 0.1) is 11.5 Å². The van der Waals surface area contributed by atoms with Gasteiger partial charge in [-0.15, -0.1) is 0 Å². The van der Waals surface area contributed by atoms with E-state index in [1.807, 2.05) is 13.8 Å². The quantitative estimate of drug-likeness (QED) is 0.823. The molecule has 0 bridgehead atoms. The van der Waals surface area contributed by atoms with Gasteiger partial charge in [-0.05, 0) is 32.8 Å². The Morgan fingerprint density at radius 3 is 2.94 bits per heavy atom. The standard InChI is InChI=1S/C11H15N3O2/c1-11(2,8-12)5-3-7-14-9(10(15)16)4-6-13-14/h4,6H,3,5,7H2,1-2H3,(H,15,16). The van der Waals surface area contributed by atoms with Gasteiger partial charge in [0.1, 0.15) is 5.69 Å². The number of aromatic carboxylic acids is 1. The van der Waals surface area contributed by atoms with E-state index in [2.05, 4.69) is 11.2 Å².